The van der Waals surface area contributed by atoms with Crippen LogP contribution in [0.1, 0.15) is 25.3 Å². The van der Waals surface area contributed by atoms with Crippen LogP contribution in [0.25, 0.3) is 0 Å². The zero-order valence-corrected chi connectivity index (χ0v) is 19.8. The van der Waals surface area contributed by atoms with Gasteiger partial charge in [0, 0.05) is 31.6 Å². The van der Waals surface area contributed by atoms with Gasteiger partial charge in [-0.25, -0.2) is 12.8 Å². The van der Waals surface area contributed by atoms with Crippen LogP contribution in [0, 0.1) is 5.82 Å². The Labute approximate surface area is 193 Å². The molecule has 0 heterocycles. The lowest BCUT2D eigenvalue weighted by Gasteiger charge is -2.29. The zero-order valence-electron chi connectivity index (χ0n) is 18.2. The predicted molar refractivity (Wildman–Crippen MR) is 123 cm³/mol. The summed E-state index contributed by atoms with van der Waals surface area (Å²) in [6, 6.07) is 11.8. The Bertz CT molecular complexity index is 1060. The average Bonchev–Trinajstić information content (AvgIpc) is 2.75. The molecule has 0 aromatic heterocycles. The monoisotopic (exact) mass is 483 g/mol. The van der Waals surface area contributed by atoms with Gasteiger partial charge < -0.3 is 10.2 Å². The third-order valence-electron chi connectivity index (χ3n) is 4.99. The second-order valence-electron chi connectivity index (χ2n) is 7.29. The number of nitrogens with zero attached hydrogens (tertiary/aromatic N) is 2. The molecule has 32 heavy (non-hydrogen) atoms. The van der Waals surface area contributed by atoms with Gasteiger partial charge in [-0.1, -0.05) is 41.9 Å². The van der Waals surface area contributed by atoms with Crippen molar-refractivity contribution in [3.63, 3.8) is 0 Å². The van der Waals surface area contributed by atoms with Crippen LogP contribution in [-0.2, 0) is 26.2 Å². The van der Waals surface area contributed by atoms with Crippen molar-refractivity contribution in [3.8, 4) is 0 Å². The first kappa shape index (κ1) is 25.6. The lowest BCUT2D eigenvalue weighted by Crippen LogP contribution is -2.46. The molecule has 2 aromatic carbocycles. The van der Waals surface area contributed by atoms with E-state index in [1.54, 1.807) is 31.2 Å². The maximum Gasteiger partial charge on any atom is 0.242 e. The van der Waals surface area contributed by atoms with E-state index in [9.17, 15) is 22.4 Å². The van der Waals surface area contributed by atoms with Crippen molar-refractivity contribution in [2.45, 2.75) is 32.4 Å². The summed E-state index contributed by atoms with van der Waals surface area (Å²) in [4.78, 5) is 26.6. The molecular weight excluding hydrogens is 457 g/mol. The Morgan fingerprint density at radius 1 is 1.12 bits per heavy atom. The number of hydrogen-bond donors (Lipinski definition) is 1. The van der Waals surface area contributed by atoms with E-state index < -0.39 is 21.9 Å². The number of para-hydroxylation sites is 1. The van der Waals surface area contributed by atoms with Crippen LogP contribution in [0.5, 0.6) is 0 Å². The second kappa shape index (κ2) is 11.3. The topological polar surface area (TPSA) is 86.8 Å². The van der Waals surface area contributed by atoms with Crippen molar-refractivity contribution in [2.24, 2.45) is 0 Å². The first-order valence-corrected chi connectivity index (χ1v) is 12.3. The fourth-order valence-corrected chi connectivity index (χ4v) is 4.40. The van der Waals surface area contributed by atoms with Crippen LogP contribution in [0.15, 0.2) is 48.5 Å². The van der Waals surface area contributed by atoms with Crippen LogP contribution in [0.3, 0.4) is 0 Å². The predicted octanol–water partition coefficient (Wildman–Crippen LogP) is 3.19. The molecule has 0 radical (unpaired) electrons. The second-order valence-corrected chi connectivity index (χ2v) is 9.61. The molecule has 2 rings (SSSR count). The standard InChI is InChI=1S/C22H27ClFN3O4S/c1-16(22(29)25-2)26(15-17-9-4-5-10-18(17)23)21(28)13-8-14-27(32(3,30)31)20-12-7-6-11-19(20)24/h4-7,9-12,16H,8,13-15H2,1-3H3,(H,25,29)/t16-/m1/s1. The third-order valence-corrected chi connectivity index (χ3v) is 6.53. The summed E-state index contributed by atoms with van der Waals surface area (Å²) in [5.41, 5.74) is 0.608. The molecule has 0 saturated carbocycles. The van der Waals surface area contributed by atoms with E-state index >= 15 is 0 Å². The zero-order chi connectivity index (χ0) is 23.9. The SMILES string of the molecule is CNC(=O)[C@@H](C)N(Cc1ccccc1Cl)C(=O)CCCN(c1ccccc1F)S(C)(=O)=O. The molecule has 0 aliphatic rings. The number of sulfonamides is 1. The van der Waals surface area contributed by atoms with Crippen molar-refractivity contribution >= 4 is 39.1 Å². The summed E-state index contributed by atoms with van der Waals surface area (Å²) in [6.07, 6.45) is 1.09. The first-order chi connectivity index (χ1) is 15.1. The van der Waals surface area contributed by atoms with Gasteiger partial charge in [0.1, 0.15) is 11.9 Å². The average molecular weight is 484 g/mol. The summed E-state index contributed by atoms with van der Waals surface area (Å²) in [7, 11) is -2.28. The number of likely N-dealkylation sites (N-methyl/N-ethyl adjacent to an activating group) is 1. The van der Waals surface area contributed by atoms with E-state index in [1.807, 2.05) is 0 Å². The molecule has 2 amide bonds. The van der Waals surface area contributed by atoms with E-state index in [-0.39, 0.29) is 43.4 Å². The molecular formula is C22H27ClFN3O4S. The molecule has 0 aliphatic carbocycles. The Hall–Kier alpha value is -2.65. The van der Waals surface area contributed by atoms with Gasteiger partial charge in [-0.05, 0) is 37.1 Å². The lowest BCUT2D eigenvalue weighted by atomic mass is 10.1. The number of hydrogen-bond acceptors (Lipinski definition) is 4. The maximum atomic E-state index is 14.2. The molecule has 7 nitrogen and oxygen atoms in total. The van der Waals surface area contributed by atoms with Crippen LogP contribution in [0.2, 0.25) is 5.02 Å². The largest absolute Gasteiger partial charge is 0.357 e. The number of anilines is 1. The van der Waals surface area contributed by atoms with Crippen molar-refractivity contribution in [1.29, 1.82) is 0 Å². The first-order valence-electron chi connectivity index (χ1n) is 10.0. The number of rotatable bonds is 10. The van der Waals surface area contributed by atoms with Gasteiger partial charge in [0.05, 0.1) is 11.9 Å². The van der Waals surface area contributed by atoms with Gasteiger partial charge in [-0.3, -0.25) is 13.9 Å². The van der Waals surface area contributed by atoms with Crippen molar-refractivity contribution in [2.75, 3.05) is 24.2 Å². The summed E-state index contributed by atoms with van der Waals surface area (Å²) >= 11 is 6.22. The number of amides is 2. The Morgan fingerprint density at radius 3 is 2.34 bits per heavy atom. The van der Waals surface area contributed by atoms with E-state index in [4.69, 9.17) is 11.6 Å². The molecule has 2 aromatic rings. The summed E-state index contributed by atoms with van der Waals surface area (Å²) < 4.78 is 39.5. The van der Waals surface area contributed by atoms with E-state index in [0.29, 0.717) is 10.6 Å². The minimum Gasteiger partial charge on any atom is -0.357 e. The van der Waals surface area contributed by atoms with Gasteiger partial charge >= 0.3 is 0 Å². The highest BCUT2D eigenvalue weighted by Gasteiger charge is 2.27. The van der Waals surface area contributed by atoms with E-state index in [0.717, 1.165) is 10.6 Å². The van der Waals surface area contributed by atoms with Crippen molar-refractivity contribution < 1.29 is 22.4 Å². The molecule has 0 bridgehead atoms. The van der Waals surface area contributed by atoms with Gasteiger partial charge in [0.25, 0.3) is 0 Å². The van der Waals surface area contributed by atoms with Crippen LogP contribution in [0.4, 0.5) is 10.1 Å². The molecule has 0 unspecified atom stereocenters. The molecule has 0 fully saturated rings. The minimum atomic E-state index is -3.76. The number of carbonyl (C=O) groups is 2. The summed E-state index contributed by atoms with van der Waals surface area (Å²) in [6.45, 7) is 1.64. The highest BCUT2D eigenvalue weighted by molar-refractivity contribution is 7.92. The Morgan fingerprint density at radius 2 is 1.75 bits per heavy atom. The number of nitrogens with one attached hydrogen (secondary N) is 1. The molecule has 1 N–H and O–H groups in total. The lowest BCUT2D eigenvalue weighted by molar-refractivity contribution is -0.140. The van der Waals surface area contributed by atoms with Crippen molar-refractivity contribution in [1.82, 2.24) is 10.2 Å². The molecule has 0 saturated heterocycles. The maximum absolute atomic E-state index is 14.2. The van der Waals surface area contributed by atoms with Crippen molar-refractivity contribution in [3.05, 3.63) is 64.9 Å². The fourth-order valence-electron chi connectivity index (χ4n) is 3.24. The van der Waals surface area contributed by atoms with Gasteiger partial charge in [0.2, 0.25) is 21.8 Å². The van der Waals surface area contributed by atoms with Crippen LogP contribution in [-0.4, -0.2) is 51.0 Å². The van der Waals surface area contributed by atoms with Gasteiger partial charge in [0.15, 0.2) is 0 Å². The quantitative estimate of drug-likeness (QED) is 0.562. The molecule has 0 aliphatic heterocycles. The fraction of sp³-hybridized carbons (Fsp3) is 0.364. The number of halogens is 2. The van der Waals surface area contributed by atoms with E-state index in [2.05, 4.69) is 5.32 Å². The van der Waals surface area contributed by atoms with Gasteiger partial charge in [-0.15, -0.1) is 0 Å². The van der Waals surface area contributed by atoms with Crippen LogP contribution >= 0.6 is 11.6 Å². The minimum absolute atomic E-state index is 0.0355. The Balaban J connectivity index is 2.17. The highest BCUT2D eigenvalue weighted by atomic mass is 35.5. The Kier molecular flexibility index (Phi) is 9.03. The van der Waals surface area contributed by atoms with Crippen LogP contribution < -0.4 is 9.62 Å². The molecule has 1 atom stereocenters. The van der Waals surface area contributed by atoms with Gasteiger partial charge in [-0.2, -0.15) is 0 Å². The third kappa shape index (κ3) is 6.67. The normalized spacial score (nSPS) is 12.2. The molecule has 174 valence electrons. The molecule has 0 spiro atoms. The molecule has 10 heteroatoms. The smallest absolute Gasteiger partial charge is 0.242 e. The summed E-state index contributed by atoms with van der Waals surface area (Å²) in [5, 5.41) is 3.00. The van der Waals surface area contributed by atoms with E-state index in [1.165, 1.54) is 36.2 Å². The number of carbonyl (C=O) groups excluding carboxylic acids is 2. The highest BCUT2D eigenvalue weighted by Crippen LogP contribution is 2.23. The summed E-state index contributed by atoms with van der Waals surface area (Å²) in [5.74, 6) is -1.35. The number of benzene rings is 2.